The number of methoxy groups -OCH3 is 1. The van der Waals surface area contributed by atoms with Crippen LogP contribution < -0.4 is 0 Å². The van der Waals surface area contributed by atoms with Crippen molar-refractivity contribution in [1.82, 2.24) is 14.4 Å². The molecule has 1 unspecified atom stereocenters. The van der Waals surface area contributed by atoms with Gasteiger partial charge in [-0.05, 0) is 11.6 Å². The molecule has 0 bridgehead atoms. The summed E-state index contributed by atoms with van der Waals surface area (Å²) in [5, 5.41) is 22.7. The van der Waals surface area contributed by atoms with Gasteiger partial charge in [-0.1, -0.05) is 30.3 Å². The van der Waals surface area contributed by atoms with Crippen molar-refractivity contribution in [3.63, 3.8) is 0 Å². The van der Waals surface area contributed by atoms with Gasteiger partial charge in [0, 0.05) is 75.7 Å². The van der Waals surface area contributed by atoms with Crippen molar-refractivity contribution < 1.29 is 32.7 Å². The fourth-order valence-electron chi connectivity index (χ4n) is 4.66. The first-order valence-corrected chi connectivity index (χ1v) is 11.6. The van der Waals surface area contributed by atoms with Gasteiger partial charge < -0.3 is 19.3 Å². The van der Waals surface area contributed by atoms with Crippen molar-refractivity contribution in [1.29, 1.82) is 0 Å². The van der Waals surface area contributed by atoms with E-state index in [4.69, 9.17) is 4.74 Å². The molecule has 3 aromatic rings. The molecule has 1 atom stereocenters. The molecule has 1 amide bonds. The van der Waals surface area contributed by atoms with E-state index in [0.29, 0.717) is 0 Å². The fraction of sp³-hybridized carbons (Fsp3) is 0.400. The van der Waals surface area contributed by atoms with Gasteiger partial charge in [0.15, 0.2) is 0 Å². The average molecular weight is 521 g/mol. The Hall–Kier alpha value is -3.48. The van der Waals surface area contributed by atoms with Crippen molar-refractivity contribution in [2.24, 2.45) is 0 Å². The van der Waals surface area contributed by atoms with Crippen LogP contribution in [-0.4, -0.2) is 82.9 Å². The number of piperazine rings is 1. The number of hydrogen-bond donors (Lipinski definition) is 1. The molecule has 0 aliphatic carbocycles. The number of nitro benzene ring substituents is 1. The number of rotatable bonds is 8. The molecule has 198 valence electrons. The lowest BCUT2D eigenvalue weighted by Crippen LogP contribution is -2.56. The van der Waals surface area contributed by atoms with Crippen LogP contribution in [0.3, 0.4) is 0 Å². The van der Waals surface area contributed by atoms with Crippen molar-refractivity contribution in [3.8, 4) is 0 Å². The van der Waals surface area contributed by atoms with E-state index >= 15 is 0 Å². The van der Waals surface area contributed by atoms with Crippen LogP contribution in [0.25, 0.3) is 10.9 Å². The first-order valence-electron chi connectivity index (χ1n) is 11.6. The molecule has 2 heterocycles. The quantitative estimate of drug-likeness (QED) is 0.362. The average Bonchev–Trinajstić information content (AvgIpc) is 3.22. The number of aliphatic hydroxyl groups is 1. The summed E-state index contributed by atoms with van der Waals surface area (Å²) in [6.45, 7) is -0.00332. The van der Waals surface area contributed by atoms with E-state index in [-0.39, 0.29) is 67.4 Å². The molecule has 0 radical (unpaired) electrons. The Morgan fingerprint density at radius 2 is 1.78 bits per heavy atom. The number of β-amino-alcohol motifs (C(OH)–C–C–N with tert-alkyl or cyclic N) is 1. The van der Waals surface area contributed by atoms with Crippen LogP contribution >= 0.6 is 0 Å². The predicted molar refractivity (Wildman–Crippen MR) is 129 cm³/mol. The summed E-state index contributed by atoms with van der Waals surface area (Å²) in [6, 6.07) is 12.6. The minimum absolute atomic E-state index is 0.0789. The number of amides is 1. The van der Waals surface area contributed by atoms with E-state index in [1.165, 1.54) is 39.8 Å². The molecule has 9 nitrogen and oxygen atoms in total. The van der Waals surface area contributed by atoms with Crippen molar-refractivity contribution in [2.75, 3.05) is 46.4 Å². The lowest BCUT2D eigenvalue weighted by atomic mass is 9.91. The second kappa shape index (κ2) is 10.5. The summed E-state index contributed by atoms with van der Waals surface area (Å²) in [7, 11) is 1.39. The lowest BCUT2D eigenvalue weighted by molar-refractivity contribution is -0.384. The maximum Gasteiger partial charge on any atom is 0.422 e. The predicted octanol–water partition coefficient (Wildman–Crippen LogP) is 3.14. The number of carbonyl (C=O) groups is 1. The molecule has 1 aliphatic rings. The van der Waals surface area contributed by atoms with Gasteiger partial charge >= 0.3 is 6.18 Å². The van der Waals surface area contributed by atoms with Crippen molar-refractivity contribution in [2.45, 2.75) is 18.3 Å². The number of ether oxygens (including phenoxy) is 1. The van der Waals surface area contributed by atoms with E-state index in [9.17, 15) is 33.2 Å². The number of benzene rings is 2. The Kier molecular flexibility index (Phi) is 7.53. The van der Waals surface area contributed by atoms with Crippen LogP contribution in [-0.2, 0) is 21.7 Å². The third-order valence-electron chi connectivity index (χ3n) is 6.63. The number of nitrogens with zero attached hydrogens (tertiary/aromatic N) is 4. The number of nitro groups is 1. The van der Waals surface area contributed by atoms with E-state index in [0.717, 1.165) is 11.6 Å². The molecule has 0 saturated carbocycles. The van der Waals surface area contributed by atoms with E-state index in [1.807, 2.05) is 0 Å². The van der Waals surface area contributed by atoms with Gasteiger partial charge in [-0.15, -0.1) is 0 Å². The zero-order valence-corrected chi connectivity index (χ0v) is 20.1. The summed E-state index contributed by atoms with van der Waals surface area (Å²) in [6.07, 6.45) is -3.81. The van der Waals surface area contributed by atoms with Crippen LogP contribution in [0.15, 0.2) is 54.7 Å². The van der Waals surface area contributed by atoms with Gasteiger partial charge in [0.05, 0.1) is 10.4 Å². The molecule has 1 aliphatic heterocycles. The van der Waals surface area contributed by atoms with E-state index in [2.05, 4.69) is 0 Å². The number of carbonyl (C=O) groups excluding carboxylic acids is 1. The van der Waals surface area contributed by atoms with Gasteiger partial charge in [-0.3, -0.25) is 19.8 Å². The molecule has 1 aromatic heterocycles. The number of halogens is 3. The minimum Gasteiger partial charge on any atom is -0.375 e. The lowest BCUT2D eigenvalue weighted by Gasteiger charge is -2.40. The Labute approximate surface area is 210 Å². The number of non-ortho nitro benzene ring substituents is 1. The molecule has 1 fully saturated rings. The standard InChI is InChI=1S/C25H27F3N4O5/c1-37-16-23(33)30-11-9-29(10-12-30)17-24(34,25(26,27)28)21-15-31(14-18-5-3-2-4-6-18)22-13-19(32(35)36)7-8-20(21)22/h2-8,13,15,34H,9-12,14,16-17H2,1H3. The molecular weight excluding hydrogens is 493 g/mol. The van der Waals surface area contributed by atoms with Gasteiger partial charge in [-0.2, -0.15) is 13.2 Å². The summed E-state index contributed by atoms with van der Waals surface area (Å²) in [5.74, 6) is -0.251. The summed E-state index contributed by atoms with van der Waals surface area (Å²) < 4.78 is 50.0. The summed E-state index contributed by atoms with van der Waals surface area (Å²) in [5.41, 5.74) is -2.89. The first-order chi connectivity index (χ1) is 17.5. The van der Waals surface area contributed by atoms with Crippen molar-refractivity contribution in [3.05, 3.63) is 76.0 Å². The van der Waals surface area contributed by atoms with Gasteiger partial charge in [0.25, 0.3) is 5.69 Å². The minimum atomic E-state index is -5.04. The van der Waals surface area contributed by atoms with Gasteiger partial charge in [0.1, 0.15) is 6.61 Å². The Morgan fingerprint density at radius 3 is 2.38 bits per heavy atom. The van der Waals surface area contributed by atoms with Gasteiger partial charge in [0.2, 0.25) is 11.5 Å². The highest BCUT2D eigenvalue weighted by atomic mass is 19.4. The molecule has 12 heteroatoms. The highest BCUT2D eigenvalue weighted by Gasteiger charge is 2.57. The van der Waals surface area contributed by atoms with E-state index in [1.54, 1.807) is 30.3 Å². The molecule has 4 rings (SSSR count). The van der Waals surface area contributed by atoms with Crippen molar-refractivity contribution >= 4 is 22.5 Å². The maximum atomic E-state index is 14.5. The zero-order valence-electron chi connectivity index (χ0n) is 20.1. The molecule has 2 aromatic carbocycles. The highest BCUT2D eigenvalue weighted by Crippen LogP contribution is 2.44. The second-order valence-electron chi connectivity index (χ2n) is 9.06. The Morgan fingerprint density at radius 1 is 1.11 bits per heavy atom. The largest absolute Gasteiger partial charge is 0.422 e. The SMILES string of the molecule is COCC(=O)N1CCN(CC(O)(c2cn(Cc3ccccc3)c3cc([N+](=O)[O-])ccc23)C(F)(F)F)CC1. The number of aromatic nitrogens is 1. The summed E-state index contributed by atoms with van der Waals surface area (Å²) >= 11 is 0. The number of alkyl halides is 3. The fourth-order valence-corrected chi connectivity index (χ4v) is 4.66. The molecule has 37 heavy (non-hydrogen) atoms. The van der Waals surface area contributed by atoms with Gasteiger partial charge in [-0.25, -0.2) is 0 Å². The Bertz CT molecular complexity index is 1270. The number of fused-ring (bicyclic) bond motifs is 1. The zero-order chi connectivity index (χ0) is 26.8. The molecular formula is C25H27F3N4O5. The third-order valence-corrected chi connectivity index (χ3v) is 6.63. The highest BCUT2D eigenvalue weighted by molar-refractivity contribution is 5.87. The van der Waals surface area contributed by atoms with E-state index < -0.39 is 23.2 Å². The topological polar surface area (TPSA) is 101 Å². The van der Waals surface area contributed by atoms with Crippen LogP contribution in [0.1, 0.15) is 11.1 Å². The number of hydrogen-bond acceptors (Lipinski definition) is 6. The molecule has 1 saturated heterocycles. The third kappa shape index (κ3) is 5.45. The Balaban J connectivity index is 1.72. The first kappa shape index (κ1) is 26.6. The van der Waals surface area contributed by atoms with Crippen LogP contribution in [0, 0.1) is 10.1 Å². The second-order valence-corrected chi connectivity index (χ2v) is 9.06. The maximum absolute atomic E-state index is 14.5. The van der Waals surface area contributed by atoms with Crippen LogP contribution in [0.2, 0.25) is 0 Å². The monoisotopic (exact) mass is 520 g/mol. The normalized spacial score (nSPS) is 16.6. The smallest absolute Gasteiger partial charge is 0.375 e. The molecule has 0 spiro atoms. The van der Waals surface area contributed by atoms with Crippen LogP contribution in [0.4, 0.5) is 18.9 Å². The molecule has 1 N–H and O–H groups in total. The van der Waals surface area contributed by atoms with Crippen LogP contribution in [0.5, 0.6) is 0 Å². The summed E-state index contributed by atoms with van der Waals surface area (Å²) in [4.78, 5) is 25.8.